The summed E-state index contributed by atoms with van der Waals surface area (Å²) in [5, 5.41) is 9.55. The third-order valence-corrected chi connectivity index (χ3v) is 5.23. The van der Waals surface area contributed by atoms with Crippen LogP contribution in [0.25, 0.3) is 0 Å². The van der Waals surface area contributed by atoms with Gasteiger partial charge < -0.3 is 5.11 Å². The van der Waals surface area contributed by atoms with Crippen LogP contribution >= 0.6 is 0 Å². The molecule has 0 aromatic rings. The van der Waals surface area contributed by atoms with Crippen molar-refractivity contribution in [3.05, 3.63) is 0 Å². The van der Waals surface area contributed by atoms with Gasteiger partial charge in [-0.15, -0.1) is 0 Å². The first kappa shape index (κ1) is 14.8. The number of hydrogen-bond acceptors (Lipinski definition) is 2. The highest BCUT2D eigenvalue weighted by molar-refractivity contribution is 5.74. The third-order valence-electron chi connectivity index (χ3n) is 5.23. The number of likely N-dealkylation sites (tertiary alicyclic amines) is 1. The first-order valence-electron chi connectivity index (χ1n) is 8.04. The number of nitrogens with zero attached hydrogens (tertiary/aromatic N) is 1. The molecule has 2 rings (SSSR count). The second-order valence-electron chi connectivity index (χ2n) is 6.84. The Balaban J connectivity index is 2.01. The van der Waals surface area contributed by atoms with Crippen molar-refractivity contribution in [2.24, 2.45) is 11.3 Å². The lowest BCUT2D eigenvalue weighted by Crippen LogP contribution is -2.45. The van der Waals surface area contributed by atoms with Gasteiger partial charge in [-0.2, -0.15) is 0 Å². The van der Waals surface area contributed by atoms with E-state index in [1.54, 1.807) is 0 Å². The molecule has 2 aliphatic rings. The summed E-state index contributed by atoms with van der Waals surface area (Å²) in [6.45, 7) is 5.87. The Morgan fingerprint density at radius 2 is 1.95 bits per heavy atom. The van der Waals surface area contributed by atoms with Gasteiger partial charge in [0.1, 0.15) is 0 Å². The number of carboxylic acids is 1. The Labute approximate surface area is 117 Å². The monoisotopic (exact) mass is 267 g/mol. The maximum atomic E-state index is 11.6. The lowest BCUT2D eigenvalue weighted by atomic mass is 9.84. The zero-order valence-corrected chi connectivity index (χ0v) is 12.5. The lowest BCUT2D eigenvalue weighted by Gasteiger charge is -2.35. The fraction of sp³-hybridized carbons (Fsp3) is 0.938. The molecule has 0 aromatic carbocycles. The van der Waals surface area contributed by atoms with Gasteiger partial charge in [-0.05, 0) is 51.5 Å². The summed E-state index contributed by atoms with van der Waals surface area (Å²) in [6.07, 6.45) is 9.74. The van der Waals surface area contributed by atoms with E-state index in [-0.39, 0.29) is 0 Å². The molecular weight excluding hydrogens is 238 g/mol. The van der Waals surface area contributed by atoms with Gasteiger partial charge in [-0.25, -0.2) is 0 Å². The molecule has 1 heterocycles. The second-order valence-corrected chi connectivity index (χ2v) is 6.84. The summed E-state index contributed by atoms with van der Waals surface area (Å²) in [5.41, 5.74) is -0.560. The molecule has 1 saturated carbocycles. The molecule has 2 unspecified atom stereocenters. The Bertz CT molecular complexity index is 312. The SMILES string of the molecule is CCCC(C)(CN1CCCC1C1CCCC1)C(=O)O. The van der Waals surface area contributed by atoms with Gasteiger partial charge in [-0.1, -0.05) is 26.2 Å². The molecule has 3 heteroatoms. The van der Waals surface area contributed by atoms with Crippen molar-refractivity contribution in [2.75, 3.05) is 13.1 Å². The van der Waals surface area contributed by atoms with E-state index in [1.807, 2.05) is 6.92 Å². The molecule has 0 radical (unpaired) electrons. The molecule has 3 nitrogen and oxygen atoms in total. The largest absolute Gasteiger partial charge is 0.481 e. The molecule has 110 valence electrons. The highest BCUT2D eigenvalue weighted by atomic mass is 16.4. The van der Waals surface area contributed by atoms with Crippen molar-refractivity contribution in [1.29, 1.82) is 0 Å². The summed E-state index contributed by atoms with van der Waals surface area (Å²) in [6, 6.07) is 0.665. The van der Waals surface area contributed by atoms with Crippen molar-refractivity contribution >= 4 is 5.97 Å². The Kier molecular flexibility index (Phi) is 4.88. The molecule has 0 spiro atoms. The number of rotatable bonds is 6. The molecule has 1 aliphatic carbocycles. The van der Waals surface area contributed by atoms with E-state index >= 15 is 0 Å². The molecule has 0 bridgehead atoms. The quantitative estimate of drug-likeness (QED) is 0.800. The summed E-state index contributed by atoms with van der Waals surface area (Å²) >= 11 is 0. The second kappa shape index (κ2) is 6.25. The molecule has 2 fully saturated rings. The highest BCUT2D eigenvalue weighted by Gasteiger charge is 2.40. The van der Waals surface area contributed by atoms with Gasteiger partial charge in [0.05, 0.1) is 5.41 Å². The van der Waals surface area contributed by atoms with Crippen LogP contribution in [0.15, 0.2) is 0 Å². The van der Waals surface area contributed by atoms with Gasteiger partial charge in [0.2, 0.25) is 0 Å². The van der Waals surface area contributed by atoms with Crippen molar-refractivity contribution < 1.29 is 9.90 Å². The zero-order chi connectivity index (χ0) is 13.9. The van der Waals surface area contributed by atoms with Crippen LogP contribution in [0.1, 0.15) is 65.2 Å². The number of aliphatic carboxylic acids is 1. The van der Waals surface area contributed by atoms with Crippen LogP contribution in [0, 0.1) is 11.3 Å². The van der Waals surface area contributed by atoms with E-state index in [2.05, 4.69) is 11.8 Å². The maximum absolute atomic E-state index is 11.6. The molecular formula is C16H29NO2. The molecule has 2 atom stereocenters. The average Bonchev–Trinajstić information content (AvgIpc) is 2.98. The Hall–Kier alpha value is -0.570. The predicted molar refractivity (Wildman–Crippen MR) is 77.2 cm³/mol. The minimum Gasteiger partial charge on any atom is -0.481 e. The number of carboxylic acid groups (broad SMARTS) is 1. The van der Waals surface area contributed by atoms with Crippen LogP contribution in [-0.4, -0.2) is 35.1 Å². The average molecular weight is 267 g/mol. The smallest absolute Gasteiger partial charge is 0.310 e. The summed E-state index contributed by atoms with van der Waals surface area (Å²) in [5.74, 6) is 0.216. The standard InChI is InChI=1S/C16H29NO2/c1-3-10-16(2,15(18)19)12-17-11-6-9-14(17)13-7-4-5-8-13/h13-14H,3-12H2,1-2H3,(H,18,19). The summed E-state index contributed by atoms with van der Waals surface area (Å²) < 4.78 is 0. The van der Waals surface area contributed by atoms with E-state index in [0.29, 0.717) is 6.04 Å². The van der Waals surface area contributed by atoms with Crippen LogP contribution in [0.4, 0.5) is 0 Å². The van der Waals surface area contributed by atoms with Gasteiger partial charge in [-0.3, -0.25) is 9.69 Å². The maximum Gasteiger partial charge on any atom is 0.310 e. The van der Waals surface area contributed by atoms with E-state index < -0.39 is 11.4 Å². The van der Waals surface area contributed by atoms with Crippen LogP contribution in [-0.2, 0) is 4.79 Å². The number of carbonyl (C=O) groups is 1. The van der Waals surface area contributed by atoms with Crippen LogP contribution in [0.5, 0.6) is 0 Å². The van der Waals surface area contributed by atoms with Gasteiger partial charge in [0, 0.05) is 12.6 Å². The molecule has 1 saturated heterocycles. The first-order chi connectivity index (χ1) is 9.07. The Morgan fingerprint density at radius 3 is 2.53 bits per heavy atom. The normalized spacial score (nSPS) is 28.6. The number of hydrogen-bond donors (Lipinski definition) is 1. The fourth-order valence-electron chi connectivity index (χ4n) is 4.18. The molecule has 19 heavy (non-hydrogen) atoms. The third kappa shape index (κ3) is 3.31. The fourth-order valence-corrected chi connectivity index (χ4v) is 4.18. The minimum absolute atomic E-state index is 0.560. The zero-order valence-electron chi connectivity index (χ0n) is 12.5. The molecule has 0 amide bonds. The van der Waals surface area contributed by atoms with Crippen LogP contribution in [0.3, 0.4) is 0 Å². The van der Waals surface area contributed by atoms with Crippen molar-refractivity contribution in [3.63, 3.8) is 0 Å². The van der Waals surface area contributed by atoms with Crippen molar-refractivity contribution in [3.8, 4) is 0 Å². The first-order valence-corrected chi connectivity index (χ1v) is 8.04. The van der Waals surface area contributed by atoms with E-state index in [4.69, 9.17) is 0 Å². The van der Waals surface area contributed by atoms with E-state index in [0.717, 1.165) is 31.8 Å². The lowest BCUT2D eigenvalue weighted by molar-refractivity contribution is -0.149. The minimum atomic E-state index is -0.619. The summed E-state index contributed by atoms with van der Waals surface area (Å²) in [7, 11) is 0. The highest BCUT2D eigenvalue weighted by Crippen LogP contribution is 2.37. The summed E-state index contributed by atoms with van der Waals surface area (Å²) in [4.78, 5) is 14.1. The Morgan fingerprint density at radius 1 is 1.26 bits per heavy atom. The predicted octanol–water partition coefficient (Wildman–Crippen LogP) is 3.53. The molecule has 1 N–H and O–H groups in total. The van der Waals surface area contributed by atoms with Gasteiger partial charge in [0.15, 0.2) is 0 Å². The van der Waals surface area contributed by atoms with Gasteiger partial charge in [0.25, 0.3) is 0 Å². The van der Waals surface area contributed by atoms with E-state index in [1.165, 1.54) is 38.5 Å². The van der Waals surface area contributed by atoms with Gasteiger partial charge >= 0.3 is 5.97 Å². The van der Waals surface area contributed by atoms with Crippen molar-refractivity contribution in [2.45, 2.75) is 71.3 Å². The molecule has 1 aliphatic heterocycles. The van der Waals surface area contributed by atoms with Crippen molar-refractivity contribution in [1.82, 2.24) is 4.90 Å². The van der Waals surface area contributed by atoms with Crippen LogP contribution in [0.2, 0.25) is 0 Å². The van der Waals surface area contributed by atoms with E-state index in [9.17, 15) is 9.90 Å². The van der Waals surface area contributed by atoms with Crippen LogP contribution < -0.4 is 0 Å². The topological polar surface area (TPSA) is 40.5 Å². The molecule has 0 aromatic heterocycles.